The molecule has 0 aromatic heterocycles. The largest absolute Gasteiger partial charge is 0.315 e. The van der Waals surface area contributed by atoms with Crippen molar-refractivity contribution in [2.45, 2.75) is 38.0 Å². The Balaban J connectivity index is 1.86. The van der Waals surface area contributed by atoms with Gasteiger partial charge < -0.3 is 4.90 Å². The number of anilines is 2. The number of aryl methyl sites for hydroxylation is 1. The number of hydrogen-bond acceptors (Lipinski definition) is 3. The number of carbonyl (C=O) groups is 1. The van der Waals surface area contributed by atoms with E-state index in [-0.39, 0.29) is 10.8 Å². The number of nitrogens with one attached hydrogen (secondary N) is 1. The molecule has 1 N–H and O–H groups in total. The summed E-state index contributed by atoms with van der Waals surface area (Å²) < 4.78 is 28.2. The molecule has 1 aliphatic rings. The summed E-state index contributed by atoms with van der Waals surface area (Å²) in [7, 11) is -1.96. The van der Waals surface area contributed by atoms with E-state index in [1.165, 1.54) is 0 Å². The van der Waals surface area contributed by atoms with E-state index in [1.54, 1.807) is 36.2 Å². The Morgan fingerprint density at radius 1 is 1.12 bits per heavy atom. The molecular formula is C20H24N2O3S. The van der Waals surface area contributed by atoms with E-state index in [1.807, 2.05) is 18.2 Å². The van der Waals surface area contributed by atoms with Gasteiger partial charge in [-0.15, -0.1) is 0 Å². The zero-order chi connectivity index (χ0) is 18.9. The van der Waals surface area contributed by atoms with Gasteiger partial charge in [-0.05, 0) is 60.2 Å². The summed E-state index contributed by atoms with van der Waals surface area (Å²) in [6, 6.07) is 12.4. The van der Waals surface area contributed by atoms with Gasteiger partial charge in [0.05, 0.1) is 4.90 Å². The van der Waals surface area contributed by atoms with Crippen LogP contribution in [0.25, 0.3) is 0 Å². The molecule has 0 aliphatic carbocycles. The zero-order valence-corrected chi connectivity index (χ0v) is 16.1. The predicted octanol–water partition coefficient (Wildman–Crippen LogP) is 3.59. The van der Waals surface area contributed by atoms with Crippen molar-refractivity contribution in [1.82, 2.24) is 0 Å². The molecule has 0 saturated heterocycles. The number of fused-ring (bicyclic) bond motifs is 1. The first-order chi connectivity index (χ1) is 12.3. The number of sulfonamides is 1. The van der Waals surface area contributed by atoms with Crippen LogP contribution in [0.15, 0.2) is 47.4 Å². The summed E-state index contributed by atoms with van der Waals surface area (Å²) in [4.78, 5) is 13.6. The number of benzene rings is 2. The molecule has 0 saturated carbocycles. The Bertz CT molecular complexity index is 936. The van der Waals surface area contributed by atoms with Gasteiger partial charge in [-0.25, -0.2) is 8.42 Å². The van der Waals surface area contributed by atoms with Crippen LogP contribution in [-0.2, 0) is 27.7 Å². The first-order valence-corrected chi connectivity index (χ1v) is 10.3. The number of nitrogens with zero attached hydrogens (tertiary/aromatic N) is 1. The SMILES string of the molecule is CC(C)Cc1cccc(NS(=O)(=O)c2ccc3c(c2)CCC(=O)N3C)c1. The Morgan fingerprint density at radius 2 is 1.88 bits per heavy atom. The highest BCUT2D eigenvalue weighted by Gasteiger charge is 2.23. The summed E-state index contributed by atoms with van der Waals surface area (Å²) >= 11 is 0. The van der Waals surface area contributed by atoms with Gasteiger partial charge >= 0.3 is 0 Å². The smallest absolute Gasteiger partial charge is 0.261 e. The summed E-state index contributed by atoms with van der Waals surface area (Å²) in [6.45, 7) is 4.26. The van der Waals surface area contributed by atoms with Crippen LogP contribution in [-0.4, -0.2) is 21.4 Å². The molecule has 1 heterocycles. The standard InChI is InChI=1S/C20H24N2O3S/c1-14(2)11-15-5-4-6-17(12-15)21-26(24,25)18-8-9-19-16(13-18)7-10-20(23)22(19)3/h4-6,8-9,12-14,21H,7,10-11H2,1-3H3. The lowest BCUT2D eigenvalue weighted by Crippen LogP contribution is -2.31. The fraction of sp³-hybridized carbons (Fsp3) is 0.350. The van der Waals surface area contributed by atoms with E-state index in [0.29, 0.717) is 24.4 Å². The van der Waals surface area contributed by atoms with Gasteiger partial charge in [-0.1, -0.05) is 26.0 Å². The monoisotopic (exact) mass is 372 g/mol. The lowest BCUT2D eigenvalue weighted by atomic mass is 10.0. The average Bonchev–Trinajstić information content (AvgIpc) is 2.57. The van der Waals surface area contributed by atoms with Crippen molar-refractivity contribution in [2.75, 3.05) is 16.7 Å². The minimum Gasteiger partial charge on any atom is -0.315 e. The lowest BCUT2D eigenvalue weighted by molar-refractivity contribution is -0.118. The van der Waals surface area contributed by atoms with Crippen molar-refractivity contribution < 1.29 is 13.2 Å². The Morgan fingerprint density at radius 3 is 2.62 bits per heavy atom. The fourth-order valence-electron chi connectivity index (χ4n) is 3.25. The van der Waals surface area contributed by atoms with Crippen LogP contribution in [0.5, 0.6) is 0 Å². The molecule has 26 heavy (non-hydrogen) atoms. The third-order valence-corrected chi connectivity index (χ3v) is 5.91. The first-order valence-electron chi connectivity index (χ1n) is 8.77. The molecule has 0 unspecified atom stereocenters. The molecule has 138 valence electrons. The van der Waals surface area contributed by atoms with E-state index < -0.39 is 10.0 Å². The van der Waals surface area contributed by atoms with Crippen molar-refractivity contribution in [1.29, 1.82) is 0 Å². The van der Waals surface area contributed by atoms with E-state index >= 15 is 0 Å². The fourth-order valence-corrected chi connectivity index (χ4v) is 4.35. The van der Waals surface area contributed by atoms with E-state index in [9.17, 15) is 13.2 Å². The van der Waals surface area contributed by atoms with E-state index in [2.05, 4.69) is 18.6 Å². The van der Waals surface area contributed by atoms with Crippen LogP contribution in [0.1, 0.15) is 31.4 Å². The van der Waals surface area contributed by atoms with Gasteiger partial charge in [-0.3, -0.25) is 9.52 Å². The van der Waals surface area contributed by atoms with Crippen LogP contribution in [0.2, 0.25) is 0 Å². The highest BCUT2D eigenvalue weighted by atomic mass is 32.2. The normalized spacial score (nSPS) is 14.5. The van der Waals surface area contributed by atoms with Crippen molar-refractivity contribution in [3.63, 3.8) is 0 Å². The van der Waals surface area contributed by atoms with Gasteiger partial charge in [0, 0.05) is 24.8 Å². The molecule has 0 fully saturated rings. The average molecular weight is 372 g/mol. The summed E-state index contributed by atoms with van der Waals surface area (Å²) in [5, 5.41) is 0. The second-order valence-electron chi connectivity index (χ2n) is 7.15. The van der Waals surface area contributed by atoms with E-state index in [0.717, 1.165) is 23.2 Å². The predicted molar refractivity (Wildman–Crippen MR) is 104 cm³/mol. The topological polar surface area (TPSA) is 66.5 Å². The van der Waals surface area contributed by atoms with Gasteiger partial charge in [-0.2, -0.15) is 0 Å². The molecule has 5 nitrogen and oxygen atoms in total. The first kappa shape index (κ1) is 18.5. The molecule has 6 heteroatoms. The van der Waals surface area contributed by atoms with Crippen LogP contribution in [0.4, 0.5) is 11.4 Å². The molecule has 0 spiro atoms. The maximum absolute atomic E-state index is 12.8. The van der Waals surface area contributed by atoms with Gasteiger partial charge in [0.2, 0.25) is 5.91 Å². The zero-order valence-electron chi connectivity index (χ0n) is 15.3. The Labute approximate surface area is 155 Å². The third kappa shape index (κ3) is 3.90. The number of hydrogen-bond donors (Lipinski definition) is 1. The lowest BCUT2D eigenvalue weighted by Gasteiger charge is -2.26. The van der Waals surface area contributed by atoms with Gasteiger partial charge in [0.1, 0.15) is 0 Å². The molecule has 2 aromatic carbocycles. The molecule has 0 bridgehead atoms. The second-order valence-corrected chi connectivity index (χ2v) is 8.83. The minimum absolute atomic E-state index is 0.0493. The summed E-state index contributed by atoms with van der Waals surface area (Å²) in [6.07, 6.45) is 1.86. The maximum atomic E-state index is 12.8. The molecule has 1 aliphatic heterocycles. The molecule has 0 radical (unpaired) electrons. The molecule has 0 atom stereocenters. The molecule has 2 aromatic rings. The van der Waals surface area contributed by atoms with Crippen molar-refractivity contribution in [2.24, 2.45) is 5.92 Å². The van der Waals surface area contributed by atoms with Gasteiger partial charge in [0.15, 0.2) is 0 Å². The second kappa shape index (κ2) is 7.11. The van der Waals surface area contributed by atoms with Gasteiger partial charge in [0.25, 0.3) is 10.0 Å². The summed E-state index contributed by atoms with van der Waals surface area (Å²) in [5.41, 5.74) is 3.32. The Kier molecular flexibility index (Phi) is 5.05. The minimum atomic E-state index is -3.68. The highest BCUT2D eigenvalue weighted by molar-refractivity contribution is 7.92. The third-order valence-electron chi connectivity index (χ3n) is 4.53. The number of rotatable bonds is 5. The van der Waals surface area contributed by atoms with Crippen LogP contribution >= 0.6 is 0 Å². The van der Waals surface area contributed by atoms with Crippen LogP contribution in [0, 0.1) is 5.92 Å². The maximum Gasteiger partial charge on any atom is 0.261 e. The Hall–Kier alpha value is -2.34. The quantitative estimate of drug-likeness (QED) is 0.872. The van der Waals surface area contributed by atoms with Crippen molar-refractivity contribution in [3.8, 4) is 0 Å². The van der Waals surface area contributed by atoms with E-state index in [4.69, 9.17) is 0 Å². The van der Waals surface area contributed by atoms with Crippen molar-refractivity contribution >= 4 is 27.3 Å². The highest BCUT2D eigenvalue weighted by Crippen LogP contribution is 2.29. The number of carbonyl (C=O) groups excluding carboxylic acids is 1. The molecular weight excluding hydrogens is 348 g/mol. The van der Waals surface area contributed by atoms with Crippen molar-refractivity contribution in [3.05, 3.63) is 53.6 Å². The molecule has 3 rings (SSSR count). The molecule has 1 amide bonds. The summed E-state index contributed by atoms with van der Waals surface area (Å²) in [5.74, 6) is 0.551. The number of amides is 1. The van der Waals surface area contributed by atoms with Crippen LogP contribution in [0.3, 0.4) is 0 Å². The van der Waals surface area contributed by atoms with Crippen LogP contribution < -0.4 is 9.62 Å².